The van der Waals surface area contributed by atoms with Crippen LogP contribution in [0.5, 0.6) is 0 Å². The molecule has 0 bridgehead atoms. The van der Waals surface area contributed by atoms with E-state index < -0.39 is 12.1 Å². The van der Waals surface area contributed by atoms with E-state index in [1.54, 1.807) is 24.2 Å². The fraction of sp³-hybridized carbons (Fsp3) is 0.500. The third-order valence-electron chi connectivity index (χ3n) is 2.10. The first-order valence-corrected chi connectivity index (χ1v) is 6.29. The number of carboxylic acids is 1. The molecule has 0 aliphatic carbocycles. The minimum atomic E-state index is -5.08. The van der Waals surface area contributed by atoms with Crippen molar-refractivity contribution in [3.05, 3.63) is 18.5 Å². The van der Waals surface area contributed by atoms with Crippen molar-refractivity contribution in [3.8, 4) is 0 Å². The predicted octanol–water partition coefficient (Wildman–Crippen LogP) is 1.42. The highest BCUT2D eigenvalue weighted by Gasteiger charge is 2.38. The third-order valence-corrected chi connectivity index (χ3v) is 3.21. The van der Waals surface area contributed by atoms with E-state index in [1.165, 1.54) is 0 Å². The van der Waals surface area contributed by atoms with Gasteiger partial charge in [0, 0.05) is 18.1 Å². The molecule has 5 nitrogen and oxygen atoms in total. The van der Waals surface area contributed by atoms with Crippen molar-refractivity contribution in [2.75, 3.05) is 18.8 Å². The van der Waals surface area contributed by atoms with Gasteiger partial charge < -0.3 is 10.4 Å². The van der Waals surface area contributed by atoms with Crippen LogP contribution in [-0.4, -0.2) is 46.1 Å². The van der Waals surface area contributed by atoms with Gasteiger partial charge in [0.25, 0.3) is 0 Å². The lowest BCUT2D eigenvalue weighted by molar-refractivity contribution is -0.192. The largest absolute Gasteiger partial charge is 0.490 e. The number of thioether (sulfide) groups is 1. The monoisotopic (exact) mass is 295 g/mol. The first-order chi connectivity index (χ1) is 8.89. The van der Waals surface area contributed by atoms with Gasteiger partial charge in [-0.15, -0.1) is 0 Å². The van der Waals surface area contributed by atoms with Crippen molar-refractivity contribution in [1.29, 1.82) is 0 Å². The van der Waals surface area contributed by atoms with Gasteiger partial charge in [-0.1, -0.05) is 11.8 Å². The molecule has 0 unspecified atom stereocenters. The lowest BCUT2D eigenvalue weighted by atomic mass is 10.1. The quantitative estimate of drug-likeness (QED) is 0.649. The molecule has 9 heteroatoms. The molecule has 1 aliphatic rings. The Balaban J connectivity index is 0.000000224. The van der Waals surface area contributed by atoms with Crippen LogP contribution in [0.4, 0.5) is 13.2 Å². The molecule has 19 heavy (non-hydrogen) atoms. The summed E-state index contributed by atoms with van der Waals surface area (Å²) in [5.74, 6) is -0.803. The molecule has 0 atom stereocenters. The van der Waals surface area contributed by atoms with Crippen LogP contribution in [0.2, 0.25) is 0 Å². The molecule has 1 fully saturated rings. The summed E-state index contributed by atoms with van der Waals surface area (Å²) in [5, 5.41) is 11.3. The zero-order valence-corrected chi connectivity index (χ0v) is 10.5. The Bertz CT molecular complexity index is 399. The van der Waals surface area contributed by atoms with Gasteiger partial charge in [0.15, 0.2) is 5.16 Å². The molecule has 2 rings (SSSR count). The summed E-state index contributed by atoms with van der Waals surface area (Å²) >= 11 is 1.74. The molecule has 0 amide bonds. The molecule has 2 N–H and O–H groups in total. The topological polar surface area (TPSA) is 75.1 Å². The molecule has 1 aromatic heterocycles. The number of carbonyl (C=O) groups is 1. The number of nitrogens with zero attached hydrogens (tertiary/aromatic N) is 2. The van der Waals surface area contributed by atoms with Gasteiger partial charge in [-0.2, -0.15) is 13.2 Å². The van der Waals surface area contributed by atoms with Crippen LogP contribution in [0.15, 0.2) is 23.6 Å². The number of alkyl halides is 3. The molecular formula is C10H12F3N3O2S. The second kappa shape index (κ2) is 7.29. The maximum Gasteiger partial charge on any atom is 0.490 e. The standard InChI is InChI=1S/C8H11N3S.C2HF3O2/c1-2-10-8(11-3-1)12-6-7-4-9-5-7;3-2(4,5)1(6)7/h1-3,7,9H,4-6H2;(H,6,7). The van der Waals surface area contributed by atoms with Crippen molar-refractivity contribution in [2.24, 2.45) is 5.92 Å². The Labute approximate surface area is 111 Å². The molecule has 0 spiro atoms. The highest BCUT2D eigenvalue weighted by atomic mass is 32.2. The minimum absolute atomic E-state index is 0.818. The Hall–Kier alpha value is -1.35. The number of nitrogens with one attached hydrogen (secondary N) is 1. The molecule has 0 aromatic carbocycles. The van der Waals surface area contributed by atoms with Crippen molar-refractivity contribution in [2.45, 2.75) is 11.3 Å². The lowest BCUT2D eigenvalue weighted by Gasteiger charge is -2.26. The van der Waals surface area contributed by atoms with E-state index in [9.17, 15) is 13.2 Å². The number of carboxylic acid groups (broad SMARTS) is 1. The Kier molecular flexibility index (Phi) is 6.03. The zero-order chi connectivity index (χ0) is 14.3. The molecule has 0 saturated carbocycles. The number of hydrogen-bond donors (Lipinski definition) is 2. The maximum absolute atomic E-state index is 10.6. The lowest BCUT2D eigenvalue weighted by Crippen LogP contribution is -2.43. The van der Waals surface area contributed by atoms with E-state index in [-0.39, 0.29) is 0 Å². The highest BCUT2D eigenvalue weighted by Crippen LogP contribution is 2.17. The molecule has 1 saturated heterocycles. The van der Waals surface area contributed by atoms with Gasteiger partial charge in [0.2, 0.25) is 0 Å². The van der Waals surface area contributed by atoms with E-state index in [0.717, 1.165) is 29.9 Å². The van der Waals surface area contributed by atoms with Crippen LogP contribution >= 0.6 is 11.8 Å². The summed E-state index contributed by atoms with van der Waals surface area (Å²) in [6, 6.07) is 1.84. The van der Waals surface area contributed by atoms with Gasteiger partial charge in [-0.3, -0.25) is 0 Å². The van der Waals surface area contributed by atoms with Crippen molar-refractivity contribution in [3.63, 3.8) is 0 Å². The normalized spacial score (nSPS) is 15.1. The Morgan fingerprint density at radius 1 is 1.42 bits per heavy atom. The molecule has 1 aliphatic heterocycles. The van der Waals surface area contributed by atoms with Gasteiger partial charge in [0.1, 0.15) is 0 Å². The molecular weight excluding hydrogens is 283 g/mol. The van der Waals surface area contributed by atoms with Crippen LogP contribution in [0.3, 0.4) is 0 Å². The molecule has 0 radical (unpaired) electrons. The first-order valence-electron chi connectivity index (χ1n) is 5.30. The Morgan fingerprint density at radius 3 is 2.32 bits per heavy atom. The summed E-state index contributed by atoms with van der Waals surface area (Å²) in [7, 11) is 0. The van der Waals surface area contributed by atoms with Crippen molar-refractivity contribution >= 4 is 17.7 Å². The fourth-order valence-corrected chi connectivity index (χ4v) is 1.91. The summed E-state index contributed by atoms with van der Waals surface area (Å²) < 4.78 is 31.7. The van der Waals surface area contributed by atoms with Gasteiger partial charge in [-0.25, -0.2) is 14.8 Å². The van der Waals surface area contributed by atoms with Crippen LogP contribution in [0.25, 0.3) is 0 Å². The Morgan fingerprint density at radius 2 is 1.95 bits per heavy atom. The van der Waals surface area contributed by atoms with E-state index in [2.05, 4.69) is 15.3 Å². The number of halogens is 3. The van der Waals surface area contributed by atoms with Crippen LogP contribution in [0.1, 0.15) is 0 Å². The van der Waals surface area contributed by atoms with Gasteiger partial charge in [0.05, 0.1) is 0 Å². The smallest absolute Gasteiger partial charge is 0.475 e. The van der Waals surface area contributed by atoms with E-state index >= 15 is 0 Å². The third kappa shape index (κ3) is 6.39. The van der Waals surface area contributed by atoms with Gasteiger partial charge >= 0.3 is 12.1 Å². The van der Waals surface area contributed by atoms with Crippen LogP contribution in [0, 0.1) is 5.92 Å². The first kappa shape index (κ1) is 15.7. The number of aromatic nitrogens is 2. The fourth-order valence-electron chi connectivity index (χ4n) is 1.02. The van der Waals surface area contributed by atoms with E-state index in [4.69, 9.17) is 9.90 Å². The molecule has 106 valence electrons. The summed E-state index contributed by atoms with van der Waals surface area (Å²) in [6.07, 6.45) is -1.51. The molecule has 1 aromatic rings. The highest BCUT2D eigenvalue weighted by molar-refractivity contribution is 7.99. The van der Waals surface area contributed by atoms with E-state index in [0.29, 0.717) is 0 Å². The average Bonchev–Trinajstić information content (AvgIpc) is 2.28. The zero-order valence-electron chi connectivity index (χ0n) is 9.72. The summed E-state index contributed by atoms with van der Waals surface area (Å²) in [4.78, 5) is 17.2. The second-order valence-electron chi connectivity index (χ2n) is 3.67. The predicted molar refractivity (Wildman–Crippen MR) is 62.8 cm³/mol. The SMILES string of the molecule is O=C(O)C(F)(F)F.c1cnc(SCC2CNC2)nc1. The number of hydrogen-bond acceptors (Lipinski definition) is 5. The second-order valence-corrected chi connectivity index (χ2v) is 4.66. The average molecular weight is 295 g/mol. The minimum Gasteiger partial charge on any atom is -0.475 e. The summed E-state index contributed by atoms with van der Waals surface area (Å²) in [5.41, 5.74) is 0. The maximum atomic E-state index is 10.6. The van der Waals surface area contributed by atoms with E-state index in [1.807, 2.05) is 6.07 Å². The summed E-state index contributed by atoms with van der Waals surface area (Å²) in [6.45, 7) is 2.31. The molecule has 2 heterocycles. The van der Waals surface area contributed by atoms with Crippen molar-refractivity contribution < 1.29 is 23.1 Å². The van der Waals surface area contributed by atoms with Crippen molar-refractivity contribution in [1.82, 2.24) is 15.3 Å². The van der Waals surface area contributed by atoms with Gasteiger partial charge in [-0.05, 0) is 25.1 Å². The van der Waals surface area contributed by atoms with Crippen LogP contribution in [-0.2, 0) is 4.79 Å². The number of aliphatic carboxylic acids is 1. The van der Waals surface area contributed by atoms with Crippen LogP contribution < -0.4 is 5.32 Å². The number of rotatable bonds is 3.